The van der Waals surface area contributed by atoms with E-state index in [1.165, 1.54) is 0 Å². The van der Waals surface area contributed by atoms with Crippen LogP contribution >= 0.6 is 11.6 Å². The van der Waals surface area contributed by atoms with Gasteiger partial charge in [-0.1, -0.05) is 24.6 Å². The molecule has 1 aromatic heterocycles. The Kier molecular flexibility index (Phi) is 3.48. The first-order valence-corrected chi connectivity index (χ1v) is 6.17. The average molecular weight is 281 g/mol. The molecule has 0 aliphatic heterocycles. The van der Waals surface area contributed by atoms with Crippen molar-refractivity contribution in [3.05, 3.63) is 55.2 Å². The molecule has 6 heteroatoms. The smallest absolute Gasteiger partial charge is 0.335 e. The fraction of sp³-hybridized carbons (Fsp3) is 0.231. The summed E-state index contributed by atoms with van der Waals surface area (Å²) in [6.07, 6.45) is 0.320. The Labute approximate surface area is 114 Å². The van der Waals surface area contributed by atoms with E-state index in [0.29, 0.717) is 22.7 Å². The number of rotatable bonds is 2. The van der Waals surface area contributed by atoms with Gasteiger partial charge in [-0.3, -0.25) is 9.78 Å². The molecule has 100 valence electrons. The minimum absolute atomic E-state index is 0.166. The summed E-state index contributed by atoms with van der Waals surface area (Å²) in [5.41, 5.74) is 0.00147. The minimum atomic E-state index is -0.690. The zero-order valence-corrected chi connectivity index (χ0v) is 11.3. The van der Waals surface area contributed by atoms with E-state index >= 15 is 0 Å². The molecule has 2 rings (SSSR count). The summed E-state index contributed by atoms with van der Waals surface area (Å²) in [7, 11) is 0. The van der Waals surface area contributed by atoms with Gasteiger partial charge in [0, 0.05) is 5.02 Å². The predicted molar refractivity (Wildman–Crippen MR) is 73.4 cm³/mol. The van der Waals surface area contributed by atoms with Crippen LogP contribution in [-0.4, -0.2) is 14.7 Å². The normalized spacial score (nSPS) is 10.7. The molecule has 1 heterocycles. The van der Waals surface area contributed by atoms with E-state index in [0.717, 1.165) is 4.57 Å². The number of halogens is 1. The zero-order chi connectivity index (χ0) is 14.2. The first-order valence-electron chi connectivity index (χ1n) is 5.80. The molecule has 0 saturated carbocycles. The van der Waals surface area contributed by atoms with Gasteiger partial charge in [-0.15, -0.1) is 0 Å². The van der Waals surface area contributed by atoms with Gasteiger partial charge >= 0.3 is 5.69 Å². The first kappa shape index (κ1) is 13.4. The number of hydrogen-bond acceptors (Lipinski definition) is 3. The van der Waals surface area contributed by atoms with E-state index in [4.69, 9.17) is 11.6 Å². The third kappa shape index (κ3) is 2.17. The standard InChI is InChI=1S/C13H13ClN2O3/c1-3-8-11(17)15-13(19)16(12(8)18)10-6-4-5-9(14)7(10)2/h4-6,18H,3H2,1-2H3,(H,15,17,19). The number of nitrogens with one attached hydrogen (secondary N) is 1. The van der Waals surface area contributed by atoms with E-state index in [2.05, 4.69) is 4.98 Å². The maximum absolute atomic E-state index is 11.9. The van der Waals surface area contributed by atoms with Crippen LogP contribution in [0.25, 0.3) is 5.69 Å². The van der Waals surface area contributed by atoms with Gasteiger partial charge in [0.2, 0.25) is 5.88 Å². The topological polar surface area (TPSA) is 75.1 Å². The van der Waals surface area contributed by atoms with Crippen molar-refractivity contribution < 1.29 is 5.11 Å². The van der Waals surface area contributed by atoms with Crippen molar-refractivity contribution in [3.8, 4) is 11.6 Å². The Balaban J connectivity index is 2.87. The lowest BCUT2D eigenvalue weighted by atomic mass is 10.2. The van der Waals surface area contributed by atoms with Gasteiger partial charge in [-0.25, -0.2) is 9.36 Å². The van der Waals surface area contributed by atoms with Crippen molar-refractivity contribution in [3.63, 3.8) is 0 Å². The summed E-state index contributed by atoms with van der Waals surface area (Å²) in [5.74, 6) is -0.346. The highest BCUT2D eigenvalue weighted by atomic mass is 35.5. The molecule has 0 aliphatic carbocycles. The average Bonchev–Trinajstić information content (AvgIpc) is 2.34. The van der Waals surface area contributed by atoms with Crippen molar-refractivity contribution in [2.45, 2.75) is 20.3 Å². The van der Waals surface area contributed by atoms with Crippen LogP contribution in [0.3, 0.4) is 0 Å². The lowest BCUT2D eigenvalue weighted by Gasteiger charge is -2.13. The van der Waals surface area contributed by atoms with Crippen LogP contribution in [0.1, 0.15) is 18.1 Å². The number of aromatic hydroxyl groups is 1. The lowest BCUT2D eigenvalue weighted by molar-refractivity contribution is 0.423. The number of aromatic amines is 1. The minimum Gasteiger partial charge on any atom is -0.494 e. The van der Waals surface area contributed by atoms with Crippen LogP contribution in [0.2, 0.25) is 5.02 Å². The van der Waals surface area contributed by atoms with Crippen molar-refractivity contribution >= 4 is 11.6 Å². The summed E-state index contributed by atoms with van der Waals surface area (Å²) in [5, 5.41) is 10.6. The Morgan fingerprint density at radius 2 is 2.05 bits per heavy atom. The van der Waals surface area contributed by atoms with Gasteiger partial charge in [-0.2, -0.15) is 0 Å². The monoisotopic (exact) mass is 280 g/mol. The van der Waals surface area contributed by atoms with Crippen molar-refractivity contribution in [1.82, 2.24) is 9.55 Å². The molecule has 2 N–H and O–H groups in total. The van der Waals surface area contributed by atoms with E-state index < -0.39 is 11.2 Å². The van der Waals surface area contributed by atoms with Crippen LogP contribution in [0.15, 0.2) is 27.8 Å². The van der Waals surface area contributed by atoms with Crippen molar-refractivity contribution in [2.24, 2.45) is 0 Å². The van der Waals surface area contributed by atoms with Gasteiger partial charge in [0.1, 0.15) is 0 Å². The Bertz CT molecular complexity index is 747. The molecule has 0 atom stereocenters. The molecular weight excluding hydrogens is 268 g/mol. The zero-order valence-electron chi connectivity index (χ0n) is 10.5. The van der Waals surface area contributed by atoms with Crippen LogP contribution in [0.4, 0.5) is 0 Å². The van der Waals surface area contributed by atoms with Crippen molar-refractivity contribution in [1.29, 1.82) is 0 Å². The number of benzene rings is 1. The summed E-state index contributed by atoms with van der Waals surface area (Å²) >= 11 is 6.00. The molecule has 0 spiro atoms. The summed E-state index contributed by atoms with van der Waals surface area (Å²) in [6.45, 7) is 3.46. The first-order chi connectivity index (χ1) is 8.97. The van der Waals surface area contributed by atoms with Gasteiger partial charge < -0.3 is 5.11 Å². The van der Waals surface area contributed by atoms with Crippen LogP contribution < -0.4 is 11.2 Å². The molecule has 5 nitrogen and oxygen atoms in total. The summed E-state index contributed by atoms with van der Waals surface area (Å²) in [6, 6.07) is 5.02. The number of aromatic nitrogens is 2. The Hall–Kier alpha value is -2.01. The van der Waals surface area contributed by atoms with E-state index in [9.17, 15) is 14.7 Å². The fourth-order valence-electron chi connectivity index (χ4n) is 1.94. The fourth-order valence-corrected chi connectivity index (χ4v) is 2.11. The molecule has 2 aromatic rings. The molecule has 1 aromatic carbocycles. The third-order valence-corrected chi connectivity index (χ3v) is 3.42. The van der Waals surface area contributed by atoms with Crippen LogP contribution in [-0.2, 0) is 6.42 Å². The van der Waals surface area contributed by atoms with Crippen molar-refractivity contribution in [2.75, 3.05) is 0 Å². The maximum atomic E-state index is 11.9. The Morgan fingerprint density at radius 1 is 1.37 bits per heavy atom. The maximum Gasteiger partial charge on any atom is 0.335 e. The predicted octanol–water partition coefficient (Wildman–Crippen LogP) is 1.76. The van der Waals surface area contributed by atoms with Gasteiger partial charge in [-0.05, 0) is 31.0 Å². The number of nitrogens with zero attached hydrogens (tertiary/aromatic N) is 1. The molecular formula is C13H13ClN2O3. The quantitative estimate of drug-likeness (QED) is 0.880. The second-order valence-corrected chi connectivity index (χ2v) is 4.54. The van der Waals surface area contributed by atoms with Gasteiger partial charge in [0.05, 0.1) is 11.3 Å². The van der Waals surface area contributed by atoms with Crippen LogP contribution in [0.5, 0.6) is 5.88 Å². The second kappa shape index (κ2) is 4.93. The molecule has 19 heavy (non-hydrogen) atoms. The molecule has 0 fully saturated rings. The van der Waals surface area contributed by atoms with Gasteiger partial charge in [0.25, 0.3) is 5.56 Å². The Morgan fingerprint density at radius 3 is 2.68 bits per heavy atom. The molecule has 0 aliphatic rings. The number of H-pyrrole nitrogens is 1. The lowest BCUT2D eigenvalue weighted by Crippen LogP contribution is -2.31. The second-order valence-electron chi connectivity index (χ2n) is 4.13. The largest absolute Gasteiger partial charge is 0.494 e. The molecule has 0 saturated heterocycles. The third-order valence-electron chi connectivity index (χ3n) is 3.01. The highest BCUT2D eigenvalue weighted by Gasteiger charge is 2.15. The van der Waals surface area contributed by atoms with E-state index in [1.807, 2.05) is 0 Å². The molecule has 0 unspecified atom stereocenters. The van der Waals surface area contributed by atoms with E-state index in [1.54, 1.807) is 32.0 Å². The highest BCUT2D eigenvalue weighted by Crippen LogP contribution is 2.24. The molecule has 0 radical (unpaired) electrons. The van der Waals surface area contributed by atoms with E-state index in [-0.39, 0.29) is 11.4 Å². The number of hydrogen-bond donors (Lipinski definition) is 2. The van der Waals surface area contributed by atoms with Crippen LogP contribution in [0, 0.1) is 6.92 Å². The highest BCUT2D eigenvalue weighted by molar-refractivity contribution is 6.31. The summed E-state index contributed by atoms with van der Waals surface area (Å²) in [4.78, 5) is 25.7. The summed E-state index contributed by atoms with van der Waals surface area (Å²) < 4.78 is 1.06. The molecule has 0 bridgehead atoms. The SMILES string of the molecule is CCc1c(O)n(-c2cccc(Cl)c2C)c(=O)[nH]c1=O. The van der Waals surface area contributed by atoms with Gasteiger partial charge in [0.15, 0.2) is 0 Å². The molecule has 0 amide bonds.